The van der Waals surface area contributed by atoms with Crippen molar-refractivity contribution in [3.05, 3.63) is 29.6 Å². The van der Waals surface area contributed by atoms with E-state index in [1.54, 1.807) is 0 Å². The summed E-state index contributed by atoms with van der Waals surface area (Å²) < 4.78 is 14.0. The lowest BCUT2D eigenvalue weighted by Crippen LogP contribution is -2.38. The Morgan fingerprint density at radius 3 is 2.42 bits per heavy atom. The van der Waals surface area contributed by atoms with Crippen LogP contribution < -0.4 is 16.0 Å². The smallest absolute Gasteiger partial charge is 0.251 e. The average molecular weight is 360 g/mol. The molecule has 0 aromatic heterocycles. The summed E-state index contributed by atoms with van der Waals surface area (Å²) in [6.45, 7) is 9.05. The number of carbonyl (C=O) groups is 2. The molecule has 5 nitrogen and oxygen atoms in total. The third-order valence-electron chi connectivity index (χ3n) is 3.22. The van der Waals surface area contributed by atoms with Gasteiger partial charge in [-0.25, -0.2) is 4.39 Å². The predicted molar refractivity (Wildman–Crippen MR) is 97.2 cm³/mol. The van der Waals surface area contributed by atoms with Gasteiger partial charge in [-0.2, -0.15) is 0 Å². The number of hydrogen-bond acceptors (Lipinski definition) is 3. The molecule has 0 saturated heterocycles. The fourth-order valence-corrected chi connectivity index (χ4v) is 2.10. The minimum absolute atomic E-state index is 0. The Bertz CT molecular complexity index is 553. The van der Waals surface area contributed by atoms with Gasteiger partial charge in [0.15, 0.2) is 0 Å². The molecule has 0 spiro atoms. The molecule has 24 heavy (non-hydrogen) atoms. The molecular formula is C17H27ClFN3O2. The lowest BCUT2D eigenvalue weighted by molar-refractivity contribution is -0.116. The van der Waals surface area contributed by atoms with Crippen LogP contribution in [0.15, 0.2) is 18.2 Å². The zero-order valence-corrected chi connectivity index (χ0v) is 15.4. The molecule has 136 valence electrons. The molecule has 1 rings (SSSR count). The third kappa shape index (κ3) is 7.75. The zero-order valence-electron chi connectivity index (χ0n) is 14.6. The number of hydrogen-bond donors (Lipinski definition) is 3. The molecule has 0 radical (unpaired) electrons. The number of amides is 2. The summed E-state index contributed by atoms with van der Waals surface area (Å²) in [5.41, 5.74) is 0.321. The van der Waals surface area contributed by atoms with Gasteiger partial charge in [0.25, 0.3) is 5.91 Å². The third-order valence-corrected chi connectivity index (χ3v) is 3.22. The van der Waals surface area contributed by atoms with Gasteiger partial charge in [-0.1, -0.05) is 20.8 Å². The Morgan fingerprint density at radius 2 is 1.88 bits per heavy atom. The Kier molecular flexibility index (Phi) is 10.2. The molecule has 0 aliphatic rings. The maximum atomic E-state index is 14.0. The summed E-state index contributed by atoms with van der Waals surface area (Å²) in [5, 5.41) is 8.43. The highest BCUT2D eigenvalue weighted by atomic mass is 35.5. The Labute approximate surface area is 149 Å². The van der Waals surface area contributed by atoms with Crippen molar-refractivity contribution in [2.45, 2.75) is 40.2 Å². The first kappa shape index (κ1) is 22.3. The van der Waals surface area contributed by atoms with Crippen molar-refractivity contribution in [1.82, 2.24) is 10.6 Å². The SMILES string of the molecule is CCN[C@H](C)CNC(=O)c1ccc(NC(=O)CC(C)C)c(F)c1.Cl. The van der Waals surface area contributed by atoms with Gasteiger partial charge in [0.2, 0.25) is 5.91 Å². The minimum atomic E-state index is -0.616. The van der Waals surface area contributed by atoms with Crippen LogP contribution in [0.25, 0.3) is 0 Å². The summed E-state index contributed by atoms with van der Waals surface area (Å²) in [6, 6.07) is 4.19. The van der Waals surface area contributed by atoms with E-state index in [-0.39, 0.29) is 47.4 Å². The van der Waals surface area contributed by atoms with Crippen LogP contribution in [-0.4, -0.2) is 30.9 Å². The molecule has 0 fully saturated rings. The number of benzene rings is 1. The highest BCUT2D eigenvalue weighted by Gasteiger charge is 2.13. The molecule has 7 heteroatoms. The van der Waals surface area contributed by atoms with Gasteiger partial charge in [-0.3, -0.25) is 9.59 Å². The van der Waals surface area contributed by atoms with Gasteiger partial charge in [0, 0.05) is 24.6 Å². The maximum absolute atomic E-state index is 14.0. The van der Waals surface area contributed by atoms with E-state index >= 15 is 0 Å². The molecule has 0 bridgehead atoms. The Morgan fingerprint density at radius 1 is 1.21 bits per heavy atom. The second-order valence-electron chi connectivity index (χ2n) is 6.01. The minimum Gasteiger partial charge on any atom is -0.350 e. The summed E-state index contributed by atoms with van der Waals surface area (Å²) >= 11 is 0. The summed E-state index contributed by atoms with van der Waals surface area (Å²) in [4.78, 5) is 23.7. The topological polar surface area (TPSA) is 70.2 Å². The number of rotatable bonds is 8. The van der Waals surface area contributed by atoms with Crippen LogP contribution in [0.5, 0.6) is 0 Å². The normalized spacial score (nSPS) is 11.6. The van der Waals surface area contributed by atoms with Crippen molar-refractivity contribution < 1.29 is 14.0 Å². The zero-order chi connectivity index (χ0) is 17.4. The maximum Gasteiger partial charge on any atom is 0.251 e. The van der Waals surface area contributed by atoms with E-state index in [2.05, 4.69) is 16.0 Å². The van der Waals surface area contributed by atoms with Crippen LogP contribution in [0.4, 0.5) is 10.1 Å². The molecule has 1 atom stereocenters. The van der Waals surface area contributed by atoms with E-state index in [4.69, 9.17) is 0 Å². The molecule has 0 aliphatic carbocycles. The van der Waals surface area contributed by atoms with E-state index in [0.29, 0.717) is 13.0 Å². The fourth-order valence-electron chi connectivity index (χ4n) is 2.10. The van der Waals surface area contributed by atoms with E-state index in [9.17, 15) is 14.0 Å². The van der Waals surface area contributed by atoms with Crippen LogP contribution in [0.2, 0.25) is 0 Å². The fraction of sp³-hybridized carbons (Fsp3) is 0.529. The van der Waals surface area contributed by atoms with Gasteiger partial charge >= 0.3 is 0 Å². The lowest BCUT2D eigenvalue weighted by atomic mass is 10.1. The first-order valence-electron chi connectivity index (χ1n) is 7.94. The Balaban J connectivity index is 0.00000529. The van der Waals surface area contributed by atoms with E-state index < -0.39 is 5.82 Å². The molecule has 0 heterocycles. The van der Waals surface area contributed by atoms with Gasteiger partial charge in [-0.05, 0) is 37.6 Å². The highest BCUT2D eigenvalue weighted by molar-refractivity contribution is 5.96. The molecule has 1 aromatic carbocycles. The lowest BCUT2D eigenvalue weighted by Gasteiger charge is -2.13. The highest BCUT2D eigenvalue weighted by Crippen LogP contribution is 2.16. The molecular weight excluding hydrogens is 333 g/mol. The second kappa shape index (κ2) is 11.0. The van der Waals surface area contributed by atoms with Crippen molar-refractivity contribution in [3.63, 3.8) is 0 Å². The number of anilines is 1. The standard InChI is InChI=1S/C17H26FN3O2.ClH/c1-5-19-12(4)10-20-17(23)13-6-7-15(14(18)9-13)21-16(22)8-11(2)3;/h6-7,9,11-12,19H,5,8,10H2,1-4H3,(H,20,23)(H,21,22);1H/t12-;/m1./s1. The Hall–Kier alpha value is -1.66. The average Bonchev–Trinajstić information content (AvgIpc) is 2.46. The van der Waals surface area contributed by atoms with Gasteiger partial charge in [0.05, 0.1) is 5.69 Å². The number of carbonyl (C=O) groups excluding carboxylic acids is 2. The van der Waals surface area contributed by atoms with E-state index in [1.807, 2.05) is 27.7 Å². The summed E-state index contributed by atoms with van der Waals surface area (Å²) in [6.07, 6.45) is 0.323. The van der Waals surface area contributed by atoms with Crippen molar-refractivity contribution >= 4 is 29.9 Å². The summed E-state index contributed by atoms with van der Waals surface area (Å²) in [7, 11) is 0. The molecule has 0 saturated carbocycles. The molecule has 0 aliphatic heterocycles. The quantitative estimate of drug-likeness (QED) is 0.668. The van der Waals surface area contributed by atoms with Crippen molar-refractivity contribution in [2.24, 2.45) is 5.92 Å². The predicted octanol–water partition coefficient (Wildman–Crippen LogP) is 2.96. The van der Waals surface area contributed by atoms with Gasteiger partial charge in [0.1, 0.15) is 5.82 Å². The van der Waals surface area contributed by atoms with Crippen LogP contribution in [0, 0.1) is 11.7 Å². The molecule has 3 N–H and O–H groups in total. The van der Waals surface area contributed by atoms with Crippen molar-refractivity contribution in [1.29, 1.82) is 0 Å². The van der Waals surface area contributed by atoms with Gasteiger partial charge in [-0.15, -0.1) is 12.4 Å². The molecule has 2 amide bonds. The molecule has 0 unspecified atom stereocenters. The van der Waals surface area contributed by atoms with Crippen LogP contribution in [0.3, 0.4) is 0 Å². The largest absolute Gasteiger partial charge is 0.350 e. The number of likely N-dealkylation sites (N-methyl/N-ethyl adjacent to an activating group) is 1. The van der Waals surface area contributed by atoms with Crippen LogP contribution >= 0.6 is 12.4 Å². The van der Waals surface area contributed by atoms with Crippen LogP contribution in [0.1, 0.15) is 44.5 Å². The van der Waals surface area contributed by atoms with Crippen molar-refractivity contribution in [3.8, 4) is 0 Å². The monoisotopic (exact) mass is 359 g/mol. The first-order valence-corrected chi connectivity index (χ1v) is 7.94. The van der Waals surface area contributed by atoms with Crippen LogP contribution in [-0.2, 0) is 4.79 Å². The van der Waals surface area contributed by atoms with E-state index in [1.165, 1.54) is 12.1 Å². The number of nitrogens with one attached hydrogen (secondary N) is 3. The number of halogens is 2. The van der Waals surface area contributed by atoms with E-state index in [0.717, 1.165) is 12.6 Å². The molecule has 1 aromatic rings. The summed E-state index contributed by atoms with van der Waals surface area (Å²) in [5.74, 6) is -0.999. The van der Waals surface area contributed by atoms with Gasteiger partial charge < -0.3 is 16.0 Å². The second-order valence-corrected chi connectivity index (χ2v) is 6.01. The first-order chi connectivity index (χ1) is 10.8. The van der Waals surface area contributed by atoms with Crippen molar-refractivity contribution in [2.75, 3.05) is 18.4 Å².